The molecule has 0 unspecified atom stereocenters. The van der Waals surface area contributed by atoms with Gasteiger partial charge in [-0.15, -0.1) is 8.58 Å². The molecule has 4 atom stereocenters. The van der Waals surface area contributed by atoms with Crippen molar-refractivity contribution in [3.63, 3.8) is 0 Å². The van der Waals surface area contributed by atoms with E-state index in [1.54, 1.807) is 12.8 Å². The Morgan fingerprint density at radius 2 is 1.44 bits per heavy atom. The zero-order chi connectivity index (χ0) is 6.43. The fraction of sp³-hybridized carbons (Fsp3) is 1.00. The topological polar surface area (TPSA) is 0 Å². The van der Waals surface area contributed by atoms with Crippen LogP contribution in [0.5, 0.6) is 0 Å². The van der Waals surface area contributed by atoms with Gasteiger partial charge in [-0.1, -0.05) is 13.8 Å². The Morgan fingerprint density at radius 1 is 1.00 bits per heavy atom. The van der Waals surface area contributed by atoms with Gasteiger partial charge in [0.2, 0.25) is 0 Å². The quantitative estimate of drug-likeness (QED) is 0.456. The minimum Gasteiger partial charge on any atom is -0.115 e. The SMILES string of the molecule is C[C@H]1C[C@H]2P[C@@H]1C[C@@H]2C. The summed E-state index contributed by atoms with van der Waals surface area (Å²) in [4.78, 5) is 0. The van der Waals surface area contributed by atoms with Gasteiger partial charge in [0.1, 0.15) is 0 Å². The molecule has 52 valence electrons. The van der Waals surface area contributed by atoms with Gasteiger partial charge in [-0.2, -0.15) is 0 Å². The predicted octanol–water partition coefficient (Wildman–Crippen LogP) is 2.48. The Kier molecular flexibility index (Phi) is 1.34. The Balaban J connectivity index is 2.10. The van der Waals surface area contributed by atoms with E-state index in [4.69, 9.17) is 0 Å². The first kappa shape index (κ1) is 6.16. The van der Waals surface area contributed by atoms with E-state index in [1.165, 1.54) is 8.58 Å². The Hall–Kier alpha value is 0.430. The number of hydrogen-bond acceptors (Lipinski definition) is 0. The van der Waals surface area contributed by atoms with E-state index in [0.29, 0.717) is 0 Å². The smallest absolute Gasteiger partial charge is 0.0205 e. The van der Waals surface area contributed by atoms with Gasteiger partial charge in [0, 0.05) is 0 Å². The van der Waals surface area contributed by atoms with E-state index in [2.05, 4.69) is 13.8 Å². The lowest BCUT2D eigenvalue weighted by atomic mass is 9.84. The molecule has 0 spiro atoms. The summed E-state index contributed by atoms with van der Waals surface area (Å²) >= 11 is 0. The molecular weight excluding hydrogens is 127 g/mol. The molecule has 2 saturated heterocycles. The average Bonchev–Trinajstić information content (AvgIpc) is 2.24. The predicted molar refractivity (Wildman–Crippen MR) is 43.5 cm³/mol. The Bertz CT molecular complexity index is 104. The first-order valence-corrected chi connectivity index (χ1v) is 5.19. The average molecular weight is 142 g/mol. The number of fused-ring (bicyclic) bond motifs is 2. The standard InChI is InChI=1S/C8H15P/c1-5-3-8-6(2)4-7(5)9-8/h5-9H,3-4H2,1-2H3/t5-,6-,7+,8+/m0/s1. The van der Waals surface area contributed by atoms with Crippen LogP contribution in [0.2, 0.25) is 0 Å². The third-order valence-electron chi connectivity index (χ3n) is 3.05. The van der Waals surface area contributed by atoms with Crippen molar-refractivity contribution in [3.05, 3.63) is 0 Å². The summed E-state index contributed by atoms with van der Waals surface area (Å²) in [5, 5.41) is 0. The van der Waals surface area contributed by atoms with Crippen LogP contribution in [0.4, 0.5) is 0 Å². The van der Waals surface area contributed by atoms with Crippen molar-refractivity contribution in [1.29, 1.82) is 0 Å². The molecule has 0 saturated carbocycles. The van der Waals surface area contributed by atoms with E-state index < -0.39 is 0 Å². The minimum absolute atomic E-state index is 1.07. The van der Waals surface area contributed by atoms with Crippen LogP contribution >= 0.6 is 8.58 Å². The maximum absolute atomic E-state index is 2.43. The molecule has 0 nitrogen and oxygen atoms in total. The van der Waals surface area contributed by atoms with Gasteiger partial charge < -0.3 is 0 Å². The second-order valence-corrected chi connectivity index (χ2v) is 5.62. The molecule has 0 amide bonds. The largest absolute Gasteiger partial charge is 0.115 e. The summed E-state index contributed by atoms with van der Waals surface area (Å²) < 4.78 is 0. The van der Waals surface area contributed by atoms with Crippen LogP contribution in [0.15, 0.2) is 0 Å². The normalized spacial score (nSPS) is 59.3. The number of hydrogen-bond donors (Lipinski definition) is 0. The molecule has 2 fully saturated rings. The molecule has 0 radical (unpaired) electrons. The number of rotatable bonds is 0. The summed E-state index contributed by atoms with van der Waals surface area (Å²) in [7, 11) is 1.33. The second kappa shape index (κ2) is 1.95. The second-order valence-electron chi connectivity index (χ2n) is 3.81. The lowest BCUT2D eigenvalue weighted by molar-refractivity contribution is 0.365. The van der Waals surface area contributed by atoms with Crippen molar-refractivity contribution >= 4 is 8.58 Å². The lowest BCUT2D eigenvalue weighted by Crippen LogP contribution is -2.18. The summed E-state index contributed by atoms with van der Waals surface area (Å²) in [5.41, 5.74) is 2.29. The van der Waals surface area contributed by atoms with Crippen LogP contribution in [0.25, 0.3) is 0 Å². The van der Waals surface area contributed by atoms with Crippen molar-refractivity contribution in [2.75, 3.05) is 0 Å². The molecule has 2 aliphatic rings. The first-order chi connectivity index (χ1) is 4.27. The summed E-state index contributed by atoms with van der Waals surface area (Å²) in [5.74, 6) is 2.15. The summed E-state index contributed by atoms with van der Waals surface area (Å²) in [6, 6.07) is 0. The highest BCUT2D eigenvalue weighted by molar-refractivity contribution is 7.40. The van der Waals surface area contributed by atoms with Crippen molar-refractivity contribution in [2.24, 2.45) is 11.8 Å². The van der Waals surface area contributed by atoms with Crippen LogP contribution in [-0.2, 0) is 0 Å². The van der Waals surface area contributed by atoms with Crippen molar-refractivity contribution < 1.29 is 0 Å². The highest BCUT2D eigenvalue weighted by Gasteiger charge is 2.41. The molecule has 1 heteroatoms. The van der Waals surface area contributed by atoms with Crippen LogP contribution in [-0.4, -0.2) is 11.3 Å². The van der Waals surface area contributed by atoms with Gasteiger partial charge in [-0.3, -0.25) is 0 Å². The molecule has 9 heavy (non-hydrogen) atoms. The minimum atomic E-state index is 1.07. The molecule has 0 N–H and O–H groups in total. The molecular formula is C8H15P. The van der Waals surface area contributed by atoms with Gasteiger partial charge in [0.15, 0.2) is 0 Å². The molecule has 0 aromatic carbocycles. The fourth-order valence-electron chi connectivity index (χ4n) is 2.33. The van der Waals surface area contributed by atoms with E-state index in [0.717, 1.165) is 23.2 Å². The maximum Gasteiger partial charge on any atom is -0.0205 e. The van der Waals surface area contributed by atoms with Crippen LogP contribution in [0.3, 0.4) is 0 Å². The molecule has 2 aliphatic heterocycles. The van der Waals surface area contributed by atoms with E-state index in [9.17, 15) is 0 Å². The van der Waals surface area contributed by atoms with Crippen molar-refractivity contribution in [2.45, 2.75) is 38.0 Å². The van der Waals surface area contributed by atoms with E-state index in [-0.39, 0.29) is 0 Å². The van der Waals surface area contributed by atoms with Crippen molar-refractivity contribution in [1.82, 2.24) is 0 Å². The third-order valence-corrected chi connectivity index (χ3v) is 5.52. The fourth-order valence-corrected chi connectivity index (χ4v) is 4.83. The molecule has 2 bridgehead atoms. The maximum atomic E-state index is 2.43. The van der Waals surface area contributed by atoms with Gasteiger partial charge in [0.25, 0.3) is 0 Å². The van der Waals surface area contributed by atoms with Gasteiger partial charge >= 0.3 is 0 Å². The first-order valence-electron chi connectivity index (χ1n) is 4.03. The Morgan fingerprint density at radius 3 is 1.67 bits per heavy atom. The summed E-state index contributed by atoms with van der Waals surface area (Å²) in [6.07, 6.45) is 3.09. The van der Waals surface area contributed by atoms with E-state index >= 15 is 0 Å². The molecule has 2 heterocycles. The van der Waals surface area contributed by atoms with Gasteiger partial charge in [0.05, 0.1) is 0 Å². The lowest BCUT2D eigenvalue weighted by Gasteiger charge is -2.21. The van der Waals surface area contributed by atoms with Crippen molar-refractivity contribution in [3.8, 4) is 0 Å². The zero-order valence-electron chi connectivity index (χ0n) is 6.22. The summed E-state index contributed by atoms with van der Waals surface area (Å²) in [6.45, 7) is 4.87. The molecule has 0 aromatic rings. The van der Waals surface area contributed by atoms with Crippen LogP contribution in [0, 0.1) is 11.8 Å². The monoisotopic (exact) mass is 142 g/mol. The highest BCUT2D eigenvalue weighted by atomic mass is 31.1. The zero-order valence-corrected chi connectivity index (χ0v) is 7.22. The van der Waals surface area contributed by atoms with Gasteiger partial charge in [-0.05, 0) is 36.0 Å². The molecule has 2 rings (SSSR count). The molecule has 0 aromatic heterocycles. The third kappa shape index (κ3) is 0.835. The van der Waals surface area contributed by atoms with Gasteiger partial charge in [-0.25, -0.2) is 0 Å². The highest BCUT2D eigenvalue weighted by Crippen LogP contribution is 2.56. The van der Waals surface area contributed by atoms with E-state index in [1.807, 2.05) is 0 Å². The van der Waals surface area contributed by atoms with Crippen LogP contribution < -0.4 is 0 Å². The van der Waals surface area contributed by atoms with Crippen LogP contribution in [0.1, 0.15) is 26.7 Å². The molecule has 0 aliphatic carbocycles. The Labute approximate surface area is 59.2 Å².